The van der Waals surface area contributed by atoms with Crippen LogP contribution in [0.2, 0.25) is 0 Å². The Labute approximate surface area is 117 Å². The third kappa shape index (κ3) is 1.94. The average Bonchev–Trinajstić information content (AvgIpc) is 2.47. The van der Waals surface area contributed by atoms with Crippen LogP contribution >= 0.6 is 0 Å². The number of benzene rings is 1. The van der Waals surface area contributed by atoms with Crippen LogP contribution < -0.4 is 0 Å². The summed E-state index contributed by atoms with van der Waals surface area (Å²) in [5, 5.41) is 0. The molecule has 2 rings (SSSR count). The molecule has 1 aliphatic rings. The molecule has 1 aromatic rings. The molecule has 1 unspecified atom stereocenters. The van der Waals surface area contributed by atoms with Gasteiger partial charge in [-0.05, 0) is 33.9 Å². The van der Waals surface area contributed by atoms with E-state index in [1.165, 1.54) is 11.1 Å². The summed E-state index contributed by atoms with van der Waals surface area (Å²) >= 11 is 0. The monoisotopic (exact) mass is 258 g/mol. The topological polar surface area (TPSA) is 17.1 Å². The van der Waals surface area contributed by atoms with E-state index in [-0.39, 0.29) is 22.5 Å². The van der Waals surface area contributed by atoms with E-state index in [0.717, 1.165) is 5.56 Å². The van der Waals surface area contributed by atoms with Crippen molar-refractivity contribution in [3.05, 3.63) is 34.9 Å². The summed E-state index contributed by atoms with van der Waals surface area (Å²) < 4.78 is 0. The lowest BCUT2D eigenvalue weighted by Gasteiger charge is -2.32. The summed E-state index contributed by atoms with van der Waals surface area (Å²) in [6, 6.07) is 6.33. The zero-order chi connectivity index (χ0) is 14.6. The number of Topliss-reactive ketones (excluding diaryl/α,β-unsaturated/α-hetero) is 1. The first-order chi connectivity index (χ1) is 8.60. The first kappa shape index (κ1) is 14.3. The van der Waals surface area contributed by atoms with Gasteiger partial charge in [-0.25, -0.2) is 0 Å². The van der Waals surface area contributed by atoms with Gasteiger partial charge in [0.15, 0.2) is 5.78 Å². The van der Waals surface area contributed by atoms with Crippen molar-refractivity contribution in [1.82, 2.24) is 0 Å². The number of hydrogen-bond acceptors (Lipinski definition) is 1. The van der Waals surface area contributed by atoms with Gasteiger partial charge in [0.05, 0.1) is 0 Å². The Bertz CT molecular complexity index is 520. The van der Waals surface area contributed by atoms with E-state index in [9.17, 15) is 4.79 Å². The van der Waals surface area contributed by atoms with Crippen LogP contribution in [-0.2, 0) is 10.8 Å². The zero-order valence-electron chi connectivity index (χ0n) is 13.3. The van der Waals surface area contributed by atoms with Crippen LogP contribution in [0.5, 0.6) is 0 Å². The van der Waals surface area contributed by atoms with Crippen molar-refractivity contribution in [2.75, 3.05) is 0 Å². The molecule has 0 saturated carbocycles. The average molecular weight is 258 g/mol. The second kappa shape index (κ2) is 4.19. The lowest BCUT2D eigenvalue weighted by molar-refractivity contribution is 0.0939. The minimum Gasteiger partial charge on any atom is -0.294 e. The van der Waals surface area contributed by atoms with E-state index in [2.05, 4.69) is 46.8 Å². The van der Waals surface area contributed by atoms with Crippen molar-refractivity contribution in [3.63, 3.8) is 0 Å². The molecule has 0 aliphatic heterocycles. The van der Waals surface area contributed by atoms with Crippen molar-refractivity contribution < 1.29 is 4.79 Å². The fraction of sp³-hybridized carbons (Fsp3) is 0.611. The summed E-state index contributed by atoms with van der Waals surface area (Å²) in [5.74, 6) is 0.878. The summed E-state index contributed by atoms with van der Waals surface area (Å²) in [5.41, 5.74) is 3.94. The number of carbonyl (C=O) groups excluding carboxylic acids is 1. The minimum absolute atomic E-state index is 0.0630. The molecule has 104 valence electrons. The molecular weight excluding hydrogens is 232 g/mol. The van der Waals surface area contributed by atoms with Crippen LogP contribution in [0.25, 0.3) is 0 Å². The standard InChI is InChI=1S/C18H26O/c1-11(2)16(19)13-8-9-14-15(10-13)18(6,7)12(3)17(14,4)5/h8-12H,1-7H3. The molecule has 0 amide bonds. The quantitative estimate of drug-likeness (QED) is 0.701. The predicted octanol–water partition coefficient (Wildman–Crippen LogP) is 4.73. The third-order valence-electron chi connectivity index (χ3n) is 5.38. The Morgan fingerprint density at radius 3 is 2.11 bits per heavy atom. The molecule has 19 heavy (non-hydrogen) atoms. The maximum atomic E-state index is 12.2. The van der Waals surface area contributed by atoms with E-state index in [1.807, 2.05) is 19.9 Å². The van der Waals surface area contributed by atoms with Gasteiger partial charge < -0.3 is 0 Å². The molecule has 0 N–H and O–H groups in total. The molecule has 1 nitrogen and oxygen atoms in total. The number of ketones is 1. The maximum Gasteiger partial charge on any atom is 0.165 e. The maximum absolute atomic E-state index is 12.2. The number of hydrogen-bond donors (Lipinski definition) is 0. The number of carbonyl (C=O) groups is 1. The molecule has 1 heteroatoms. The molecule has 0 radical (unpaired) electrons. The highest BCUT2D eigenvalue weighted by molar-refractivity contribution is 5.97. The van der Waals surface area contributed by atoms with Gasteiger partial charge in [-0.1, -0.05) is 60.6 Å². The summed E-state index contributed by atoms with van der Waals surface area (Å²) in [7, 11) is 0. The van der Waals surface area contributed by atoms with Gasteiger partial charge in [0, 0.05) is 11.5 Å². The fourth-order valence-corrected chi connectivity index (χ4v) is 3.49. The lowest BCUT2D eigenvalue weighted by Crippen LogP contribution is -2.30. The molecular formula is C18H26O. The van der Waals surface area contributed by atoms with Gasteiger partial charge >= 0.3 is 0 Å². The molecule has 0 heterocycles. The van der Waals surface area contributed by atoms with Gasteiger partial charge in [0.25, 0.3) is 0 Å². The molecule has 0 aromatic heterocycles. The molecule has 1 aliphatic carbocycles. The highest BCUT2D eigenvalue weighted by Gasteiger charge is 2.48. The van der Waals surface area contributed by atoms with Gasteiger partial charge in [0.2, 0.25) is 0 Å². The first-order valence-corrected chi connectivity index (χ1v) is 7.29. The largest absolute Gasteiger partial charge is 0.294 e. The second-order valence-corrected chi connectivity index (χ2v) is 7.44. The second-order valence-electron chi connectivity index (χ2n) is 7.44. The molecule has 0 saturated heterocycles. The minimum atomic E-state index is 0.0630. The van der Waals surface area contributed by atoms with Crippen molar-refractivity contribution in [2.24, 2.45) is 11.8 Å². The highest BCUT2D eigenvalue weighted by Crippen LogP contribution is 2.53. The van der Waals surface area contributed by atoms with E-state index in [1.54, 1.807) is 0 Å². The molecule has 1 aromatic carbocycles. The third-order valence-corrected chi connectivity index (χ3v) is 5.38. The van der Waals surface area contributed by atoms with Crippen LogP contribution in [-0.4, -0.2) is 5.78 Å². The van der Waals surface area contributed by atoms with Crippen LogP contribution in [0, 0.1) is 11.8 Å². The van der Waals surface area contributed by atoms with Crippen molar-refractivity contribution in [1.29, 1.82) is 0 Å². The molecule has 0 fully saturated rings. The Morgan fingerprint density at radius 1 is 1.05 bits per heavy atom. The van der Waals surface area contributed by atoms with Gasteiger partial charge in [0.1, 0.15) is 0 Å². The predicted molar refractivity (Wildman–Crippen MR) is 80.8 cm³/mol. The van der Waals surface area contributed by atoms with E-state index in [4.69, 9.17) is 0 Å². The smallest absolute Gasteiger partial charge is 0.165 e. The Balaban J connectivity index is 2.59. The zero-order valence-corrected chi connectivity index (χ0v) is 13.3. The summed E-state index contributed by atoms with van der Waals surface area (Å²) in [6.07, 6.45) is 0. The SMILES string of the molecule is CC(C)C(=O)c1ccc2c(c1)C(C)(C)C(C)C2(C)C. The Morgan fingerprint density at radius 2 is 1.58 bits per heavy atom. The highest BCUT2D eigenvalue weighted by atomic mass is 16.1. The van der Waals surface area contributed by atoms with Gasteiger partial charge in [-0.3, -0.25) is 4.79 Å². The normalized spacial score (nSPS) is 23.5. The van der Waals surface area contributed by atoms with Crippen molar-refractivity contribution in [2.45, 2.75) is 59.3 Å². The van der Waals surface area contributed by atoms with E-state index in [0.29, 0.717) is 5.92 Å². The Kier molecular flexibility index (Phi) is 3.16. The van der Waals surface area contributed by atoms with Crippen LogP contribution in [0.15, 0.2) is 18.2 Å². The first-order valence-electron chi connectivity index (χ1n) is 7.29. The van der Waals surface area contributed by atoms with Crippen LogP contribution in [0.1, 0.15) is 70.0 Å². The molecule has 0 bridgehead atoms. The van der Waals surface area contributed by atoms with Crippen molar-refractivity contribution in [3.8, 4) is 0 Å². The lowest BCUT2D eigenvalue weighted by atomic mass is 9.71. The molecule has 0 spiro atoms. The number of rotatable bonds is 2. The molecule has 1 atom stereocenters. The Hall–Kier alpha value is -1.11. The summed E-state index contributed by atoms with van der Waals surface area (Å²) in [4.78, 5) is 12.2. The van der Waals surface area contributed by atoms with E-state index >= 15 is 0 Å². The summed E-state index contributed by atoms with van der Waals surface area (Å²) in [6.45, 7) is 15.5. The van der Waals surface area contributed by atoms with Gasteiger partial charge in [-0.15, -0.1) is 0 Å². The van der Waals surface area contributed by atoms with Gasteiger partial charge in [-0.2, -0.15) is 0 Å². The number of fused-ring (bicyclic) bond motifs is 1. The van der Waals surface area contributed by atoms with Crippen LogP contribution in [0.3, 0.4) is 0 Å². The fourth-order valence-electron chi connectivity index (χ4n) is 3.49. The van der Waals surface area contributed by atoms with Crippen LogP contribution in [0.4, 0.5) is 0 Å². The van der Waals surface area contributed by atoms with E-state index < -0.39 is 0 Å². The van der Waals surface area contributed by atoms with Crippen molar-refractivity contribution >= 4 is 5.78 Å².